The van der Waals surface area contributed by atoms with Crippen LogP contribution >= 0.6 is 69.6 Å². The van der Waals surface area contributed by atoms with Gasteiger partial charge in [0.2, 0.25) is 0 Å². The fraction of sp³-hybridized carbons (Fsp3) is 0.917. The van der Waals surface area contributed by atoms with Crippen LogP contribution in [0.4, 0.5) is 0 Å². The van der Waals surface area contributed by atoms with Crippen LogP contribution in [0.15, 0.2) is 0 Å². The van der Waals surface area contributed by atoms with Crippen LogP contribution in [-0.4, -0.2) is 24.7 Å². The average molecular weight is 383 g/mol. The minimum atomic E-state index is -1.20. The second-order valence-electron chi connectivity index (χ2n) is 6.32. The monoisotopic (exact) mass is 380 g/mol. The summed E-state index contributed by atoms with van der Waals surface area (Å²) in [5.41, 5.74) is 0. The zero-order chi connectivity index (χ0) is 14.0. The third-order valence-corrected chi connectivity index (χ3v) is 10.0. The highest BCUT2D eigenvalue weighted by atomic mass is 35.5. The third-order valence-electron chi connectivity index (χ3n) is 5.85. The van der Waals surface area contributed by atoms with E-state index in [1.807, 2.05) is 0 Å². The van der Waals surface area contributed by atoms with Gasteiger partial charge in [0, 0.05) is 11.8 Å². The summed E-state index contributed by atoms with van der Waals surface area (Å²) in [6.45, 7) is 0. The Balaban J connectivity index is 1.91. The largest absolute Gasteiger partial charge is 0.303 e. The van der Waals surface area contributed by atoms with Crippen LogP contribution in [0.25, 0.3) is 0 Å². The first kappa shape index (κ1) is 14.0. The number of carbonyl (C=O) groups excluding carboxylic acids is 1. The van der Waals surface area contributed by atoms with Crippen LogP contribution in [0, 0.1) is 29.6 Å². The Kier molecular flexibility index (Phi) is 2.58. The summed E-state index contributed by atoms with van der Waals surface area (Å²) >= 11 is 39.2. The Morgan fingerprint density at radius 1 is 0.947 bits per heavy atom. The van der Waals surface area contributed by atoms with Crippen molar-refractivity contribution in [2.45, 2.75) is 31.3 Å². The summed E-state index contributed by atoms with van der Waals surface area (Å²) in [6, 6.07) is 0. The van der Waals surface area contributed by atoms with E-state index in [-0.39, 0.29) is 29.6 Å². The smallest absolute Gasteiger partial charge is 0.144 e. The first-order valence-electron chi connectivity index (χ1n) is 6.23. The zero-order valence-corrected chi connectivity index (χ0v) is 14.1. The molecule has 7 unspecified atom stereocenters. The number of fused-ring (bicyclic) bond motifs is 3. The molecule has 0 bridgehead atoms. The van der Waals surface area contributed by atoms with E-state index in [4.69, 9.17) is 69.6 Å². The fourth-order valence-corrected chi connectivity index (χ4v) is 8.85. The molecule has 0 aromatic heterocycles. The van der Waals surface area contributed by atoms with Gasteiger partial charge in [-0.05, 0) is 30.6 Å². The molecule has 4 saturated carbocycles. The molecule has 0 aliphatic heterocycles. The van der Waals surface area contributed by atoms with Crippen LogP contribution in [0.1, 0.15) is 12.8 Å². The number of rotatable bonds is 1. The topological polar surface area (TPSA) is 17.1 Å². The normalized spacial score (nSPS) is 62.7. The SMILES string of the molecule is O=CC1CC2C3C1CC(Cl)(Cl)C3(Cl)C1(Cl)C2C1(Cl)Cl. The molecule has 0 aromatic carbocycles. The van der Waals surface area contributed by atoms with E-state index >= 15 is 0 Å². The fourth-order valence-electron chi connectivity index (χ4n) is 5.22. The number of hydrogen-bond donors (Lipinski definition) is 0. The summed E-state index contributed by atoms with van der Waals surface area (Å²) in [4.78, 5) is 9.22. The maximum Gasteiger partial charge on any atom is 0.144 e. The Bertz CT molecular complexity index is 493. The van der Waals surface area contributed by atoms with E-state index in [0.29, 0.717) is 6.42 Å². The molecule has 0 heterocycles. The lowest BCUT2D eigenvalue weighted by Crippen LogP contribution is -2.51. The predicted molar refractivity (Wildman–Crippen MR) is 78.8 cm³/mol. The van der Waals surface area contributed by atoms with Crippen molar-refractivity contribution < 1.29 is 4.79 Å². The summed E-state index contributed by atoms with van der Waals surface area (Å²) in [5, 5.41) is 0. The van der Waals surface area contributed by atoms with Gasteiger partial charge in [0.15, 0.2) is 0 Å². The number of alkyl halides is 6. The average Bonchev–Trinajstić information content (AvgIpc) is 2.62. The van der Waals surface area contributed by atoms with Gasteiger partial charge >= 0.3 is 0 Å². The van der Waals surface area contributed by atoms with Gasteiger partial charge in [-0.3, -0.25) is 0 Å². The van der Waals surface area contributed by atoms with Gasteiger partial charge in [0.25, 0.3) is 0 Å². The van der Waals surface area contributed by atoms with Crippen LogP contribution < -0.4 is 0 Å². The minimum absolute atomic E-state index is 0.0208. The van der Waals surface area contributed by atoms with E-state index in [2.05, 4.69) is 0 Å². The molecule has 0 saturated heterocycles. The van der Waals surface area contributed by atoms with Crippen molar-refractivity contribution in [1.82, 2.24) is 0 Å². The lowest BCUT2D eigenvalue weighted by atomic mass is 9.85. The Morgan fingerprint density at radius 3 is 2.16 bits per heavy atom. The number of carbonyl (C=O) groups is 1. The van der Waals surface area contributed by atoms with Gasteiger partial charge in [-0.1, -0.05) is 46.4 Å². The van der Waals surface area contributed by atoms with Gasteiger partial charge < -0.3 is 4.79 Å². The molecule has 106 valence electrons. The summed E-state index contributed by atoms with van der Waals surface area (Å²) in [7, 11) is 0. The lowest BCUT2D eigenvalue weighted by molar-refractivity contribution is -0.112. The molecule has 4 fully saturated rings. The zero-order valence-electron chi connectivity index (χ0n) is 9.55. The highest BCUT2D eigenvalue weighted by molar-refractivity contribution is 6.63. The second kappa shape index (κ2) is 3.49. The highest BCUT2D eigenvalue weighted by Gasteiger charge is 2.97. The molecule has 4 aliphatic carbocycles. The Labute approximate surface area is 141 Å². The molecule has 0 spiro atoms. The van der Waals surface area contributed by atoms with Crippen LogP contribution in [-0.2, 0) is 4.79 Å². The Morgan fingerprint density at radius 2 is 1.58 bits per heavy atom. The number of hydrogen-bond acceptors (Lipinski definition) is 1. The van der Waals surface area contributed by atoms with Crippen LogP contribution in [0.2, 0.25) is 0 Å². The van der Waals surface area contributed by atoms with Gasteiger partial charge in [-0.15, -0.1) is 23.2 Å². The maximum atomic E-state index is 11.3. The summed E-state index contributed by atoms with van der Waals surface area (Å²) in [5.74, 6) is 0.0233. The first-order chi connectivity index (χ1) is 8.64. The van der Waals surface area contributed by atoms with Crippen molar-refractivity contribution in [2.75, 3.05) is 0 Å². The molecule has 0 aromatic rings. The molecule has 0 radical (unpaired) electrons. The molecule has 0 amide bonds. The predicted octanol–water partition coefficient (Wildman–Crippen LogP) is 4.40. The lowest BCUT2D eigenvalue weighted by Gasteiger charge is -2.39. The number of halogens is 6. The van der Waals surface area contributed by atoms with Crippen molar-refractivity contribution in [3.05, 3.63) is 0 Å². The molecule has 0 N–H and O–H groups in total. The molecule has 7 heteroatoms. The molecule has 1 nitrogen and oxygen atoms in total. The van der Waals surface area contributed by atoms with Gasteiger partial charge in [0.05, 0.1) is 0 Å². The first-order valence-corrected chi connectivity index (χ1v) is 8.50. The maximum absolute atomic E-state index is 11.3. The van der Waals surface area contributed by atoms with Crippen molar-refractivity contribution in [1.29, 1.82) is 0 Å². The summed E-state index contributed by atoms with van der Waals surface area (Å²) in [6.07, 6.45) is 2.19. The summed E-state index contributed by atoms with van der Waals surface area (Å²) < 4.78 is -2.31. The van der Waals surface area contributed by atoms with E-state index in [1.54, 1.807) is 0 Å². The standard InChI is InChI=1S/C12H10Cl6O/c13-9(14)2-6-4(3-19)1-5-7(6)10(9,15)11(16)8(5)12(11,17)18/h3-8H,1-2H2. The van der Waals surface area contributed by atoms with E-state index in [9.17, 15) is 4.79 Å². The van der Waals surface area contributed by atoms with E-state index < -0.39 is 18.4 Å². The molecule has 19 heavy (non-hydrogen) atoms. The van der Waals surface area contributed by atoms with Crippen molar-refractivity contribution in [3.8, 4) is 0 Å². The minimum Gasteiger partial charge on any atom is -0.303 e. The van der Waals surface area contributed by atoms with Gasteiger partial charge in [-0.25, -0.2) is 0 Å². The Hall–Kier alpha value is 1.41. The van der Waals surface area contributed by atoms with Crippen molar-refractivity contribution >= 4 is 75.9 Å². The third kappa shape index (κ3) is 1.15. The molecular formula is C12H10Cl6O. The van der Waals surface area contributed by atoms with Gasteiger partial charge in [-0.2, -0.15) is 0 Å². The molecule has 4 aliphatic rings. The quantitative estimate of drug-likeness (QED) is 0.485. The number of aldehydes is 1. The highest BCUT2D eigenvalue weighted by Crippen LogP contribution is 2.89. The molecule has 7 atom stereocenters. The van der Waals surface area contributed by atoms with E-state index in [1.165, 1.54) is 0 Å². The molecule has 4 rings (SSSR count). The second-order valence-corrected chi connectivity index (χ2v) is 10.4. The van der Waals surface area contributed by atoms with Crippen molar-refractivity contribution in [2.24, 2.45) is 29.6 Å². The van der Waals surface area contributed by atoms with Crippen LogP contribution in [0.3, 0.4) is 0 Å². The van der Waals surface area contributed by atoms with E-state index in [0.717, 1.165) is 12.7 Å². The van der Waals surface area contributed by atoms with Crippen molar-refractivity contribution in [3.63, 3.8) is 0 Å². The van der Waals surface area contributed by atoms with Gasteiger partial charge in [0.1, 0.15) is 24.7 Å². The van der Waals surface area contributed by atoms with Crippen LogP contribution in [0.5, 0.6) is 0 Å². The molecular weight excluding hydrogens is 373 g/mol.